The average molecular weight is 343 g/mol. The van der Waals surface area contributed by atoms with Gasteiger partial charge >= 0.3 is 5.97 Å². The van der Waals surface area contributed by atoms with Crippen LogP contribution in [0.25, 0.3) is 0 Å². The summed E-state index contributed by atoms with van der Waals surface area (Å²) in [6.45, 7) is 1.85. The van der Waals surface area contributed by atoms with Crippen LogP contribution in [-0.4, -0.2) is 47.5 Å². The Morgan fingerprint density at radius 3 is 2.86 bits per heavy atom. The van der Waals surface area contributed by atoms with Gasteiger partial charge in [-0.1, -0.05) is 29.4 Å². The van der Waals surface area contributed by atoms with Crippen molar-refractivity contribution < 1.29 is 19.1 Å². The van der Waals surface area contributed by atoms with E-state index in [-0.39, 0.29) is 11.8 Å². The van der Waals surface area contributed by atoms with Gasteiger partial charge in [0.15, 0.2) is 6.61 Å². The highest BCUT2D eigenvalue weighted by Crippen LogP contribution is 2.22. The van der Waals surface area contributed by atoms with Crippen LogP contribution in [0.5, 0.6) is 0 Å². The van der Waals surface area contributed by atoms with Crippen molar-refractivity contribution in [2.75, 3.05) is 30.8 Å². The fourth-order valence-corrected chi connectivity index (χ4v) is 2.93. The number of nitrogens with zero attached hydrogens (tertiary/aromatic N) is 1. The monoisotopic (exact) mass is 342 g/mol. The normalized spacial score (nSPS) is 14.1. The Morgan fingerprint density at radius 2 is 2.23 bits per heavy atom. The summed E-state index contributed by atoms with van der Waals surface area (Å²) in [6.07, 6.45) is 0. The number of anilines is 1. The van der Waals surface area contributed by atoms with Gasteiger partial charge in [0, 0.05) is 12.3 Å². The number of nitrogens with one attached hydrogen (secondary N) is 1. The third kappa shape index (κ3) is 4.64. The predicted molar refractivity (Wildman–Crippen MR) is 85.2 cm³/mol. The number of rotatable bonds is 5. The molecule has 1 heterocycles. The molecule has 1 aromatic carbocycles. The van der Waals surface area contributed by atoms with Crippen LogP contribution in [0.1, 0.15) is 5.56 Å². The lowest BCUT2D eigenvalue weighted by Gasteiger charge is -2.13. The summed E-state index contributed by atoms with van der Waals surface area (Å²) in [6, 6.07) is 5.21. The van der Waals surface area contributed by atoms with Crippen molar-refractivity contribution in [1.29, 1.82) is 0 Å². The number of benzene rings is 1. The highest BCUT2D eigenvalue weighted by Gasteiger charge is 2.24. The van der Waals surface area contributed by atoms with Crippen LogP contribution in [0.15, 0.2) is 18.2 Å². The maximum Gasteiger partial charge on any atom is 0.326 e. The van der Waals surface area contributed by atoms with E-state index in [0.717, 1.165) is 17.3 Å². The zero-order valence-electron chi connectivity index (χ0n) is 11.9. The van der Waals surface area contributed by atoms with Gasteiger partial charge < -0.3 is 15.0 Å². The minimum atomic E-state index is -0.610. The van der Waals surface area contributed by atoms with Gasteiger partial charge in [0.25, 0.3) is 11.1 Å². The molecule has 22 heavy (non-hydrogen) atoms. The lowest BCUT2D eigenvalue weighted by Crippen LogP contribution is -2.32. The molecular weight excluding hydrogens is 328 g/mol. The quantitative estimate of drug-likeness (QED) is 0.831. The number of hydrogen-bond acceptors (Lipinski definition) is 5. The molecule has 6 nitrogen and oxygen atoms in total. The summed E-state index contributed by atoms with van der Waals surface area (Å²) in [4.78, 5) is 36.0. The Kier molecular flexibility index (Phi) is 5.68. The fourth-order valence-electron chi connectivity index (χ4n) is 1.82. The first-order chi connectivity index (χ1) is 10.5. The topological polar surface area (TPSA) is 75.7 Å². The number of aryl methyl sites for hydroxylation is 1. The van der Waals surface area contributed by atoms with Crippen LogP contribution in [0, 0.1) is 6.92 Å². The summed E-state index contributed by atoms with van der Waals surface area (Å²) in [5, 5.41) is 2.83. The van der Waals surface area contributed by atoms with E-state index in [1.807, 2.05) is 13.0 Å². The molecule has 1 aliphatic heterocycles. The van der Waals surface area contributed by atoms with E-state index >= 15 is 0 Å². The Labute approximate surface area is 137 Å². The van der Waals surface area contributed by atoms with Crippen LogP contribution in [0.2, 0.25) is 5.02 Å². The van der Waals surface area contributed by atoms with E-state index in [2.05, 4.69) is 5.32 Å². The zero-order chi connectivity index (χ0) is 16.1. The molecule has 2 amide bonds. The van der Waals surface area contributed by atoms with E-state index in [1.165, 1.54) is 4.90 Å². The predicted octanol–water partition coefficient (Wildman–Crippen LogP) is 2.30. The Hall–Kier alpha value is -1.73. The number of thioether (sulfide) groups is 1. The number of carbonyl (C=O) groups is 3. The average Bonchev–Trinajstić information content (AvgIpc) is 2.85. The molecule has 0 unspecified atom stereocenters. The van der Waals surface area contributed by atoms with Crippen molar-refractivity contribution in [3.63, 3.8) is 0 Å². The van der Waals surface area contributed by atoms with Crippen LogP contribution in [0.4, 0.5) is 10.5 Å². The van der Waals surface area contributed by atoms with Gasteiger partial charge in [-0.15, -0.1) is 0 Å². The molecule has 0 atom stereocenters. The standard InChI is InChI=1S/C14H15ClN2O4S/c1-9-2-3-11(10(15)6-9)16-12(18)8-21-13(19)7-17-4-5-22-14(17)20/h2-3,6H,4-5,7-8H2,1H3,(H,16,18). The third-order valence-electron chi connectivity index (χ3n) is 2.93. The first-order valence-corrected chi connectivity index (χ1v) is 7.95. The molecule has 0 spiro atoms. The molecule has 0 aromatic heterocycles. The SMILES string of the molecule is Cc1ccc(NC(=O)COC(=O)CN2CCSC2=O)c(Cl)c1. The van der Waals surface area contributed by atoms with Gasteiger partial charge in [0.05, 0.1) is 10.7 Å². The first-order valence-electron chi connectivity index (χ1n) is 6.59. The van der Waals surface area contributed by atoms with Crippen molar-refractivity contribution in [2.24, 2.45) is 0 Å². The summed E-state index contributed by atoms with van der Waals surface area (Å²) in [5.41, 5.74) is 1.43. The smallest absolute Gasteiger partial charge is 0.326 e. The maximum atomic E-state index is 11.7. The molecule has 1 aromatic rings. The first kappa shape index (κ1) is 16.6. The molecule has 2 rings (SSSR count). The van der Waals surface area contributed by atoms with Gasteiger partial charge in [-0.05, 0) is 24.6 Å². The minimum Gasteiger partial charge on any atom is -0.454 e. The summed E-state index contributed by atoms with van der Waals surface area (Å²) < 4.78 is 4.85. The van der Waals surface area contributed by atoms with Gasteiger partial charge in [-0.25, -0.2) is 0 Å². The molecule has 118 valence electrons. The van der Waals surface area contributed by atoms with Crippen LogP contribution >= 0.6 is 23.4 Å². The van der Waals surface area contributed by atoms with Crippen molar-refractivity contribution in [3.05, 3.63) is 28.8 Å². The van der Waals surface area contributed by atoms with Crippen LogP contribution in [0.3, 0.4) is 0 Å². The molecule has 8 heteroatoms. The second kappa shape index (κ2) is 7.51. The Balaban J connectivity index is 1.77. The van der Waals surface area contributed by atoms with Crippen molar-refractivity contribution in [3.8, 4) is 0 Å². The number of ether oxygens (including phenoxy) is 1. The lowest BCUT2D eigenvalue weighted by molar-refractivity contribution is -0.147. The van der Waals surface area contributed by atoms with Crippen molar-refractivity contribution in [1.82, 2.24) is 4.90 Å². The number of hydrogen-bond donors (Lipinski definition) is 1. The molecule has 0 bridgehead atoms. The molecule has 0 aliphatic carbocycles. The highest BCUT2D eigenvalue weighted by molar-refractivity contribution is 8.13. The van der Waals surface area contributed by atoms with E-state index < -0.39 is 18.5 Å². The molecule has 1 fully saturated rings. The van der Waals surface area contributed by atoms with E-state index in [0.29, 0.717) is 23.0 Å². The third-order valence-corrected chi connectivity index (χ3v) is 4.13. The van der Waals surface area contributed by atoms with E-state index in [9.17, 15) is 14.4 Å². The lowest BCUT2D eigenvalue weighted by atomic mass is 10.2. The number of carbonyl (C=O) groups excluding carboxylic acids is 3. The molecule has 1 saturated heterocycles. The minimum absolute atomic E-state index is 0.135. The second-order valence-electron chi connectivity index (χ2n) is 4.73. The van der Waals surface area contributed by atoms with Gasteiger partial charge in [0.1, 0.15) is 6.54 Å². The van der Waals surface area contributed by atoms with E-state index in [4.69, 9.17) is 16.3 Å². The Bertz CT molecular complexity index is 609. The summed E-state index contributed by atoms with van der Waals surface area (Å²) >= 11 is 7.16. The van der Waals surface area contributed by atoms with Crippen LogP contribution < -0.4 is 5.32 Å². The summed E-state index contributed by atoms with van der Waals surface area (Å²) in [7, 11) is 0. The van der Waals surface area contributed by atoms with Gasteiger partial charge in [-0.3, -0.25) is 14.4 Å². The molecule has 0 radical (unpaired) electrons. The zero-order valence-corrected chi connectivity index (χ0v) is 13.5. The Morgan fingerprint density at radius 1 is 1.45 bits per heavy atom. The fraction of sp³-hybridized carbons (Fsp3) is 0.357. The molecular formula is C14H15ClN2O4S. The van der Waals surface area contributed by atoms with Crippen molar-refractivity contribution in [2.45, 2.75) is 6.92 Å². The molecule has 1 aliphatic rings. The van der Waals surface area contributed by atoms with Crippen LogP contribution in [-0.2, 0) is 14.3 Å². The largest absolute Gasteiger partial charge is 0.454 e. The second-order valence-corrected chi connectivity index (χ2v) is 6.18. The van der Waals surface area contributed by atoms with Crippen molar-refractivity contribution >= 4 is 46.2 Å². The molecule has 1 N–H and O–H groups in total. The summed E-state index contributed by atoms with van der Waals surface area (Å²) in [5.74, 6) is -0.430. The highest BCUT2D eigenvalue weighted by atomic mass is 35.5. The number of amides is 2. The van der Waals surface area contributed by atoms with Gasteiger partial charge in [-0.2, -0.15) is 0 Å². The van der Waals surface area contributed by atoms with Gasteiger partial charge in [0.2, 0.25) is 0 Å². The molecule has 0 saturated carbocycles. The van der Waals surface area contributed by atoms with E-state index in [1.54, 1.807) is 12.1 Å². The maximum absolute atomic E-state index is 11.7. The number of esters is 1. The number of halogens is 1.